The predicted octanol–water partition coefficient (Wildman–Crippen LogP) is 3.04. The van der Waals surface area contributed by atoms with E-state index in [-0.39, 0.29) is 18.4 Å². The number of benzene rings is 2. The van der Waals surface area contributed by atoms with Gasteiger partial charge in [0.15, 0.2) is 5.60 Å². The van der Waals surface area contributed by atoms with Crippen LogP contribution in [0, 0.1) is 0 Å². The van der Waals surface area contributed by atoms with Crippen molar-refractivity contribution < 1.29 is 14.3 Å². The van der Waals surface area contributed by atoms with Crippen LogP contribution in [0.3, 0.4) is 0 Å². The third-order valence-electron chi connectivity index (χ3n) is 5.16. The summed E-state index contributed by atoms with van der Waals surface area (Å²) in [5.41, 5.74) is 2.13. The molecule has 1 saturated heterocycles. The van der Waals surface area contributed by atoms with Gasteiger partial charge < -0.3 is 15.0 Å². The van der Waals surface area contributed by atoms with Gasteiger partial charge in [0.05, 0.1) is 13.2 Å². The lowest BCUT2D eigenvalue weighted by Gasteiger charge is -2.41. The molecular weight excluding hydrogens is 352 g/mol. The molecule has 5 nitrogen and oxygen atoms in total. The average Bonchev–Trinajstić information content (AvgIpc) is 2.73. The number of ether oxygens (including phenoxy) is 1. The van der Waals surface area contributed by atoms with Crippen LogP contribution in [0.25, 0.3) is 11.1 Å². The van der Waals surface area contributed by atoms with Crippen molar-refractivity contribution in [2.75, 3.05) is 26.2 Å². The molecule has 2 amide bonds. The van der Waals surface area contributed by atoms with Crippen molar-refractivity contribution >= 4 is 11.8 Å². The number of morpholine rings is 1. The Morgan fingerprint density at radius 1 is 1.11 bits per heavy atom. The second-order valence-corrected chi connectivity index (χ2v) is 7.24. The zero-order valence-corrected chi connectivity index (χ0v) is 16.6. The van der Waals surface area contributed by atoms with Crippen LogP contribution in [-0.2, 0) is 20.7 Å². The van der Waals surface area contributed by atoms with Crippen molar-refractivity contribution in [2.24, 2.45) is 0 Å². The molecule has 2 aromatic carbocycles. The fourth-order valence-electron chi connectivity index (χ4n) is 3.66. The van der Waals surface area contributed by atoms with E-state index in [1.54, 1.807) is 4.90 Å². The molecule has 3 rings (SSSR count). The summed E-state index contributed by atoms with van der Waals surface area (Å²) in [6, 6.07) is 18.2. The second kappa shape index (κ2) is 9.02. The first kappa shape index (κ1) is 20.1. The molecule has 28 heavy (non-hydrogen) atoms. The number of nitrogens with one attached hydrogen (secondary N) is 1. The normalized spacial score (nSPS) is 19.3. The van der Waals surface area contributed by atoms with E-state index in [9.17, 15) is 9.59 Å². The Balaban J connectivity index is 1.97. The SMILES string of the molecule is CCCNC(=O)[C@]1(Cc2ccccc2-c2ccccc2)CN(C(C)=O)CCO1. The van der Waals surface area contributed by atoms with E-state index in [1.165, 1.54) is 6.92 Å². The van der Waals surface area contributed by atoms with E-state index in [0.717, 1.165) is 23.1 Å². The van der Waals surface area contributed by atoms with Crippen molar-refractivity contribution in [3.8, 4) is 11.1 Å². The zero-order valence-electron chi connectivity index (χ0n) is 16.6. The topological polar surface area (TPSA) is 58.6 Å². The molecule has 1 heterocycles. The summed E-state index contributed by atoms with van der Waals surface area (Å²) >= 11 is 0. The molecule has 5 heteroatoms. The van der Waals surface area contributed by atoms with Crippen molar-refractivity contribution in [1.82, 2.24) is 10.2 Å². The predicted molar refractivity (Wildman–Crippen MR) is 110 cm³/mol. The van der Waals surface area contributed by atoms with Gasteiger partial charge in [0, 0.05) is 26.4 Å². The van der Waals surface area contributed by atoms with Crippen molar-refractivity contribution in [3.05, 3.63) is 60.2 Å². The monoisotopic (exact) mass is 380 g/mol. The first-order valence-corrected chi connectivity index (χ1v) is 9.87. The maximum absolute atomic E-state index is 13.1. The summed E-state index contributed by atoms with van der Waals surface area (Å²) < 4.78 is 6.09. The first-order valence-electron chi connectivity index (χ1n) is 9.87. The van der Waals surface area contributed by atoms with Crippen molar-refractivity contribution in [2.45, 2.75) is 32.3 Å². The lowest BCUT2D eigenvalue weighted by Crippen LogP contribution is -2.62. The Bertz CT molecular complexity index is 822. The van der Waals surface area contributed by atoms with E-state index in [0.29, 0.717) is 26.1 Å². The smallest absolute Gasteiger partial charge is 0.254 e. The van der Waals surface area contributed by atoms with E-state index in [1.807, 2.05) is 43.3 Å². The molecule has 1 aliphatic heterocycles. The number of hydrogen-bond donors (Lipinski definition) is 1. The maximum Gasteiger partial charge on any atom is 0.254 e. The minimum Gasteiger partial charge on any atom is -0.361 e. The molecule has 1 N–H and O–H groups in total. The maximum atomic E-state index is 13.1. The number of amides is 2. The van der Waals surface area contributed by atoms with E-state index in [2.05, 4.69) is 23.5 Å². The molecule has 0 bridgehead atoms. The summed E-state index contributed by atoms with van der Waals surface area (Å²) in [7, 11) is 0. The highest BCUT2D eigenvalue weighted by Gasteiger charge is 2.44. The summed E-state index contributed by atoms with van der Waals surface area (Å²) in [5, 5.41) is 2.98. The molecule has 0 radical (unpaired) electrons. The van der Waals surface area contributed by atoms with Crippen LogP contribution in [0.4, 0.5) is 0 Å². The number of carbonyl (C=O) groups excluding carboxylic acids is 2. The third kappa shape index (κ3) is 4.42. The molecular formula is C23H28N2O3. The van der Waals surface area contributed by atoms with Gasteiger partial charge in [-0.15, -0.1) is 0 Å². The van der Waals surface area contributed by atoms with Gasteiger partial charge in [-0.05, 0) is 23.1 Å². The number of rotatable bonds is 6. The minimum atomic E-state index is -1.08. The molecule has 0 unspecified atom stereocenters. The minimum absolute atomic E-state index is 0.0349. The van der Waals surface area contributed by atoms with Crippen molar-refractivity contribution in [1.29, 1.82) is 0 Å². The fraction of sp³-hybridized carbons (Fsp3) is 0.391. The van der Waals surface area contributed by atoms with Gasteiger partial charge in [0.25, 0.3) is 5.91 Å². The van der Waals surface area contributed by atoms with Gasteiger partial charge in [-0.25, -0.2) is 0 Å². The largest absolute Gasteiger partial charge is 0.361 e. The number of hydrogen-bond acceptors (Lipinski definition) is 3. The van der Waals surface area contributed by atoms with Gasteiger partial charge >= 0.3 is 0 Å². The molecule has 1 aliphatic rings. The highest BCUT2D eigenvalue weighted by molar-refractivity contribution is 5.87. The Morgan fingerprint density at radius 2 is 1.82 bits per heavy atom. The Morgan fingerprint density at radius 3 is 2.54 bits per heavy atom. The lowest BCUT2D eigenvalue weighted by atomic mass is 9.87. The zero-order chi connectivity index (χ0) is 20.0. The van der Waals surface area contributed by atoms with Gasteiger partial charge in [-0.1, -0.05) is 61.5 Å². The van der Waals surface area contributed by atoms with Crippen LogP contribution < -0.4 is 5.32 Å². The fourth-order valence-corrected chi connectivity index (χ4v) is 3.66. The highest BCUT2D eigenvalue weighted by atomic mass is 16.5. The van der Waals surface area contributed by atoms with Crippen LogP contribution in [0.15, 0.2) is 54.6 Å². The van der Waals surface area contributed by atoms with Crippen LogP contribution in [0.2, 0.25) is 0 Å². The van der Waals surface area contributed by atoms with Gasteiger partial charge in [-0.2, -0.15) is 0 Å². The number of carbonyl (C=O) groups is 2. The molecule has 148 valence electrons. The molecule has 1 atom stereocenters. The lowest BCUT2D eigenvalue weighted by molar-refractivity contribution is -0.165. The van der Waals surface area contributed by atoms with E-state index in [4.69, 9.17) is 4.74 Å². The first-order chi connectivity index (χ1) is 13.6. The molecule has 0 aromatic heterocycles. The van der Waals surface area contributed by atoms with E-state index >= 15 is 0 Å². The summed E-state index contributed by atoms with van der Waals surface area (Å²) in [6.07, 6.45) is 1.26. The Labute approximate surface area is 166 Å². The summed E-state index contributed by atoms with van der Waals surface area (Å²) in [5.74, 6) is -0.185. The molecule has 0 saturated carbocycles. The molecule has 1 fully saturated rings. The molecule has 0 aliphatic carbocycles. The van der Waals surface area contributed by atoms with E-state index < -0.39 is 5.60 Å². The number of nitrogens with zero attached hydrogens (tertiary/aromatic N) is 1. The summed E-state index contributed by atoms with van der Waals surface area (Å²) in [6.45, 7) is 5.27. The van der Waals surface area contributed by atoms with Crippen LogP contribution in [-0.4, -0.2) is 48.6 Å². The second-order valence-electron chi connectivity index (χ2n) is 7.24. The van der Waals surface area contributed by atoms with Crippen molar-refractivity contribution in [3.63, 3.8) is 0 Å². The highest BCUT2D eigenvalue weighted by Crippen LogP contribution is 2.30. The quantitative estimate of drug-likeness (QED) is 0.838. The van der Waals surface area contributed by atoms with Crippen LogP contribution >= 0.6 is 0 Å². The van der Waals surface area contributed by atoms with Gasteiger partial charge in [0.2, 0.25) is 5.91 Å². The Hall–Kier alpha value is -2.66. The van der Waals surface area contributed by atoms with Crippen LogP contribution in [0.5, 0.6) is 0 Å². The molecule has 2 aromatic rings. The third-order valence-corrected chi connectivity index (χ3v) is 5.16. The summed E-state index contributed by atoms with van der Waals surface area (Å²) in [4.78, 5) is 26.8. The van der Waals surface area contributed by atoms with Gasteiger partial charge in [0.1, 0.15) is 0 Å². The van der Waals surface area contributed by atoms with Gasteiger partial charge in [-0.3, -0.25) is 9.59 Å². The Kier molecular flexibility index (Phi) is 6.47. The average molecular weight is 380 g/mol. The standard InChI is InChI=1S/C23H28N2O3/c1-3-13-24-22(27)23(17-25(18(2)26)14-15-28-23)16-20-11-7-8-12-21(20)19-9-5-4-6-10-19/h4-12H,3,13-17H2,1-2H3,(H,24,27)/t23-/m0/s1. The molecule has 0 spiro atoms. The van der Waals surface area contributed by atoms with Crippen LogP contribution in [0.1, 0.15) is 25.8 Å².